The van der Waals surface area contributed by atoms with Gasteiger partial charge in [0.2, 0.25) is 0 Å². The zero-order valence-electron chi connectivity index (χ0n) is 16.5. The highest BCUT2D eigenvalue weighted by Crippen LogP contribution is 2.37. The summed E-state index contributed by atoms with van der Waals surface area (Å²) in [6.45, 7) is 3.32. The maximum atomic E-state index is 13.4. The number of halogens is 3. The lowest BCUT2D eigenvalue weighted by molar-refractivity contribution is -0.138. The number of fused-ring (bicyclic) bond motifs is 1. The third-order valence-electron chi connectivity index (χ3n) is 5.36. The van der Waals surface area contributed by atoms with E-state index in [0.717, 1.165) is 43.3 Å². The number of amides is 1. The van der Waals surface area contributed by atoms with Crippen LogP contribution in [-0.2, 0) is 4.79 Å². The normalized spacial score (nSPS) is 15.3. The summed E-state index contributed by atoms with van der Waals surface area (Å²) in [5, 5.41) is 2.09. The van der Waals surface area contributed by atoms with E-state index in [9.17, 15) is 9.18 Å². The van der Waals surface area contributed by atoms with Crippen LogP contribution in [0.5, 0.6) is 5.75 Å². The molecule has 1 unspecified atom stereocenters. The Morgan fingerprint density at radius 3 is 2.57 bits per heavy atom. The maximum absolute atomic E-state index is 13.4. The van der Waals surface area contributed by atoms with Crippen molar-refractivity contribution in [3.8, 4) is 16.9 Å². The van der Waals surface area contributed by atoms with Crippen molar-refractivity contribution < 1.29 is 13.9 Å². The summed E-state index contributed by atoms with van der Waals surface area (Å²) < 4.78 is 19.4. The Bertz CT molecular complexity index is 1100. The number of nitrogens with zero attached hydrogens (tertiary/aromatic N) is 2. The summed E-state index contributed by atoms with van der Waals surface area (Å²) in [7, 11) is 0. The van der Waals surface area contributed by atoms with Crippen LogP contribution in [0.4, 0.5) is 4.39 Å². The first-order valence-corrected chi connectivity index (χ1v) is 10.7. The molecule has 4 rings (SSSR count). The molecule has 30 heavy (non-hydrogen) atoms. The minimum atomic E-state index is -0.595. The van der Waals surface area contributed by atoms with Crippen LogP contribution in [-0.4, -0.2) is 35.0 Å². The van der Waals surface area contributed by atoms with Crippen LogP contribution in [0.25, 0.3) is 21.9 Å². The van der Waals surface area contributed by atoms with Crippen molar-refractivity contribution in [2.24, 2.45) is 0 Å². The average molecular weight is 447 g/mol. The molecule has 4 nitrogen and oxygen atoms in total. The molecule has 1 amide bonds. The number of ether oxygens (including phenoxy) is 1. The molecule has 7 heteroatoms. The van der Waals surface area contributed by atoms with E-state index >= 15 is 0 Å². The molecule has 0 aliphatic carbocycles. The molecule has 0 spiro atoms. The largest absolute Gasteiger partial charge is 0.481 e. The molecule has 1 aromatic heterocycles. The van der Waals surface area contributed by atoms with Gasteiger partial charge in [0.25, 0.3) is 5.91 Å². The van der Waals surface area contributed by atoms with Gasteiger partial charge in [-0.1, -0.05) is 23.2 Å². The van der Waals surface area contributed by atoms with Gasteiger partial charge in [-0.15, -0.1) is 0 Å². The summed E-state index contributed by atoms with van der Waals surface area (Å²) >= 11 is 12.6. The monoisotopic (exact) mass is 446 g/mol. The summed E-state index contributed by atoms with van der Waals surface area (Å²) in [5.41, 5.74) is 1.40. The first-order chi connectivity index (χ1) is 14.4. The maximum Gasteiger partial charge on any atom is 0.263 e. The molecule has 1 fully saturated rings. The fourth-order valence-corrected chi connectivity index (χ4v) is 4.29. The van der Waals surface area contributed by atoms with E-state index in [-0.39, 0.29) is 5.91 Å². The van der Waals surface area contributed by atoms with Gasteiger partial charge in [0.05, 0.1) is 5.02 Å². The van der Waals surface area contributed by atoms with E-state index in [1.165, 1.54) is 12.1 Å². The van der Waals surface area contributed by atoms with E-state index in [1.54, 1.807) is 31.3 Å². The number of pyridine rings is 1. The summed E-state index contributed by atoms with van der Waals surface area (Å²) in [6.07, 6.45) is 4.25. The minimum Gasteiger partial charge on any atom is -0.481 e. The van der Waals surface area contributed by atoms with Crippen LogP contribution in [0.15, 0.2) is 42.6 Å². The molecule has 1 saturated heterocycles. The highest BCUT2D eigenvalue weighted by molar-refractivity contribution is 6.36. The molecule has 1 aliphatic rings. The predicted octanol–water partition coefficient (Wildman–Crippen LogP) is 6.13. The Hall–Kier alpha value is -2.37. The second-order valence-electron chi connectivity index (χ2n) is 7.44. The van der Waals surface area contributed by atoms with Crippen molar-refractivity contribution in [1.29, 1.82) is 0 Å². The number of carbonyl (C=O) groups is 1. The van der Waals surface area contributed by atoms with E-state index in [0.29, 0.717) is 26.9 Å². The second-order valence-corrected chi connectivity index (χ2v) is 8.21. The minimum absolute atomic E-state index is 0.00846. The molecule has 0 N–H and O–H groups in total. The number of piperidine rings is 1. The number of benzene rings is 2. The van der Waals surface area contributed by atoms with Gasteiger partial charge in [-0.3, -0.25) is 4.79 Å². The highest BCUT2D eigenvalue weighted by atomic mass is 35.5. The van der Waals surface area contributed by atoms with Crippen molar-refractivity contribution in [1.82, 2.24) is 9.88 Å². The van der Waals surface area contributed by atoms with Crippen LogP contribution in [0.3, 0.4) is 0 Å². The molecule has 1 atom stereocenters. The Morgan fingerprint density at radius 2 is 1.83 bits per heavy atom. The molecule has 0 radical (unpaired) electrons. The third kappa shape index (κ3) is 4.23. The summed E-state index contributed by atoms with van der Waals surface area (Å²) in [6, 6.07) is 9.65. The number of carbonyl (C=O) groups excluding carboxylic acids is 1. The van der Waals surface area contributed by atoms with Gasteiger partial charge in [0.15, 0.2) is 6.10 Å². The molecule has 0 saturated carbocycles. The van der Waals surface area contributed by atoms with Gasteiger partial charge in [-0.05, 0) is 68.0 Å². The number of hydrogen-bond acceptors (Lipinski definition) is 3. The van der Waals surface area contributed by atoms with Gasteiger partial charge in [0.1, 0.15) is 16.7 Å². The van der Waals surface area contributed by atoms with E-state index in [4.69, 9.17) is 27.9 Å². The molecular formula is C23H21Cl2FN2O2. The van der Waals surface area contributed by atoms with Crippen molar-refractivity contribution in [2.45, 2.75) is 32.3 Å². The fourth-order valence-electron chi connectivity index (χ4n) is 3.81. The van der Waals surface area contributed by atoms with E-state index in [2.05, 4.69) is 4.98 Å². The molecule has 3 aromatic rings. The first-order valence-electron chi connectivity index (χ1n) is 9.93. The van der Waals surface area contributed by atoms with E-state index < -0.39 is 11.9 Å². The van der Waals surface area contributed by atoms with Gasteiger partial charge in [0, 0.05) is 35.8 Å². The zero-order chi connectivity index (χ0) is 21.3. The second kappa shape index (κ2) is 8.78. The van der Waals surface area contributed by atoms with Crippen LogP contribution >= 0.6 is 23.2 Å². The lowest BCUT2D eigenvalue weighted by Gasteiger charge is -2.29. The van der Waals surface area contributed by atoms with Gasteiger partial charge in [-0.2, -0.15) is 0 Å². The summed E-state index contributed by atoms with van der Waals surface area (Å²) in [4.78, 5) is 18.8. The number of rotatable bonds is 4. The van der Waals surface area contributed by atoms with E-state index in [1.807, 2.05) is 11.0 Å². The fraction of sp³-hybridized carbons (Fsp3) is 0.304. The van der Waals surface area contributed by atoms with Crippen molar-refractivity contribution in [3.05, 3.63) is 58.6 Å². The molecule has 156 valence electrons. The Balaban J connectivity index is 1.64. The quantitative estimate of drug-likeness (QED) is 0.452. The van der Waals surface area contributed by atoms with Crippen LogP contribution < -0.4 is 4.74 Å². The highest BCUT2D eigenvalue weighted by Gasteiger charge is 2.23. The standard InChI is InChI=1S/C23H21Cl2FN2O2/c1-14(23(29)28-9-3-2-4-10-28)30-16-6-8-17-19(12-16)22(25)27-13-20(17)18-7-5-15(26)11-21(18)24/h5-8,11-14H,2-4,9-10H2,1H3. The molecule has 2 aromatic carbocycles. The Morgan fingerprint density at radius 1 is 1.07 bits per heavy atom. The van der Waals surface area contributed by atoms with Gasteiger partial charge in [-0.25, -0.2) is 9.37 Å². The lowest BCUT2D eigenvalue weighted by Crippen LogP contribution is -2.43. The van der Waals surface area contributed by atoms with Crippen LogP contribution in [0, 0.1) is 5.82 Å². The molecule has 0 bridgehead atoms. The Kier molecular flexibility index (Phi) is 6.11. The van der Waals surface area contributed by atoms with Crippen molar-refractivity contribution >= 4 is 39.9 Å². The topological polar surface area (TPSA) is 42.4 Å². The first kappa shape index (κ1) is 20.9. The van der Waals surface area contributed by atoms with Gasteiger partial charge < -0.3 is 9.64 Å². The lowest BCUT2D eigenvalue weighted by atomic mass is 10.0. The number of likely N-dealkylation sites (tertiary alicyclic amines) is 1. The summed E-state index contributed by atoms with van der Waals surface area (Å²) in [5.74, 6) is 0.121. The average Bonchev–Trinajstić information content (AvgIpc) is 2.75. The van der Waals surface area contributed by atoms with Crippen LogP contribution in [0.2, 0.25) is 10.2 Å². The number of aromatic nitrogens is 1. The smallest absolute Gasteiger partial charge is 0.263 e. The number of hydrogen-bond donors (Lipinski definition) is 0. The molecular weight excluding hydrogens is 426 g/mol. The molecule has 1 aliphatic heterocycles. The third-order valence-corrected chi connectivity index (χ3v) is 5.97. The van der Waals surface area contributed by atoms with Crippen LogP contribution in [0.1, 0.15) is 26.2 Å². The molecule has 2 heterocycles. The SMILES string of the molecule is CC(Oc1ccc2c(-c3ccc(F)cc3Cl)cnc(Cl)c2c1)C(=O)N1CCCCC1. The van der Waals surface area contributed by atoms with Gasteiger partial charge >= 0.3 is 0 Å². The predicted molar refractivity (Wildman–Crippen MR) is 118 cm³/mol. The van der Waals surface area contributed by atoms with Crippen molar-refractivity contribution in [3.63, 3.8) is 0 Å². The Labute approximate surface area is 184 Å². The zero-order valence-corrected chi connectivity index (χ0v) is 18.0. The van der Waals surface area contributed by atoms with Crippen molar-refractivity contribution in [2.75, 3.05) is 13.1 Å².